The van der Waals surface area contributed by atoms with Gasteiger partial charge >= 0.3 is 0 Å². The summed E-state index contributed by atoms with van der Waals surface area (Å²) in [6.45, 7) is 7.37. The minimum Gasteiger partial charge on any atom is -0.393 e. The Morgan fingerprint density at radius 1 is 1.00 bits per heavy atom. The molecule has 31 heavy (non-hydrogen) atoms. The zero-order chi connectivity index (χ0) is 21.8. The molecule has 4 aliphatic rings. The Balaban J connectivity index is 1.36. The first kappa shape index (κ1) is 21.4. The molecule has 1 aromatic rings. The second kappa shape index (κ2) is 7.87. The Labute approximate surface area is 188 Å². The van der Waals surface area contributed by atoms with Crippen LogP contribution in [0.3, 0.4) is 0 Å². The van der Waals surface area contributed by atoms with Gasteiger partial charge in [-0.05, 0) is 90.9 Å². The Hall–Kier alpha value is -1.41. The predicted octanol–water partition coefficient (Wildman–Crippen LogP) is 6.53. The largest absolute Gasteiger partial charge is 0.393 e. The van der Waals surface area contributed by atoms with Gasteiger partial charge in [-0.2, -0.15) is 0 Å². The van der Waals surface area contributed by atoms with Crippen LogP contribution in [0.5, 0.6) is 0 Å². The maximum atomic E-state index is 13.3. The van der Waals surface area contributed by atoms with Crippen molar-refractivity contribution in [2.45, 2.75) is 78.2 Å². The van der Waals surface area contributed by atoms with E-state index in [0.717, 1.165) is 19.3 Å². The lowest BCUT2D eigenvalue weighted by Crippen LogP contribution is -2.57. The number of ketones is 1. The van der Waals surface area contributed by atoms with Gasteiger partial charge in [0.25, 0.3) is 0 Å². The number of Topliss-reactive ketones (excluding diaryl/α,β-unsaturated/α-hetero) is 1. The third-order valence-corrected chi connectivity index (χ3v) is 10.5. The third kappa shape index (κ3) is 3.45. The number of hydrogen-bond acceptors (Lipinski definition) is 2. The van der Waals surface area contributed by atoms with Crippen LogP contribution < -0.4 is 0 Å². The van der Waals surface area contributed by atoms with Crippen LogP contribution in [0.15, 0.2) is 36.4 Å². The van der Waals surface area contributed by atoms with Gasteiger partial charge in [-0.1, -0.05) is 63.3 Å². The van der Waals surface area contributed by atoms with Crippen LogP contribution >= 0.6 is 0 Å². The first-order valence-corrected chi connectivity index (χ1v) is 12.8. The maximum Gasteiger partial charge on any atom is 0.136 e. The minimum atomic E-state index is -0.263. The molecule has 0 aliphatic heterocycles. The molecular weight excluding hydrogens is 380 g/mol. The molecule has 9 atom stereocenters. The van der Waals surface area contributed by atoms with Gasteiger partial charge in [0.15, 0.2) is 0 Å². The number of carbonyl (C=O) groups excluding carboxylic acids is 1. The van der Waals surface area contributed by atoms with Crippen LogP contribution in [0.1, 0.15) is 77.7 Å². The number of aliphatic hydroxyl groups is 1. The zero-order valence-electron chi connectivity index (χ0n) is 19.6. The highest BCUT2D eigenvalue weighted by molar-refractivity contribution is 5.83. The molecule has 4 fully saturated rings. The summed E-state index contributed by atoms with van der Waals surface area (Å²) >= 11 is 0. The molecule has 4 aliphatic carbocycles. The van der Waals surface area contributed by atoms with E-state index in [1.807, 2.05) is 0 Å². The molecule has 0 unspecified atom stereocenters. The normalized spacial score (nSPS) is 45.7. The van der Waals surface area contributed by atoms with Gasteiger partial charge in [0, 0.05) is 12.3 Å². The van der Waals surface area contributed by atoms with Crippen LogP contribution in [-0.2, 0) is 4.79 Å². The molecule has 0 heterocycles. The van der Waals surface area contributed by atoms with Gasteiger partial charge in [-0.15, -0.1) is 0 Å². The van der Waals surface area contributed by atoms with Crippen molar-refractivity contribution in [3.63, 3.8) is 0 Å². The molecule has 0 amide bonds. The second-order valence-electron chi connectivity index (χ2n) is 11.9. The van der Waals surface area contributed by atoms with Gasteiger partial charge in [-0.25, -0.2) is 0 Å². The van der Waals surface area contributed by atoms with E-state index in [0.29, 0.717) is 47.2 Å². The molecule has 1 aromatic carbocycles. The van der Waals surface area contributed by atoms with Crippen LogP contribution in [0.2, 0.25) is 0 Å². The molecule has 168 valence electrons. The van der Waals surface area contributed by atoms with Crippen molar-refractivity contribution >= 4 is 11.9 Å². The first-order valence-electron chi connectivity index (χ1n) is 12.8. The summed E-state index contributed by atoms with van der Waals surface area (Å²) in [5.74, 6) is 3.79. The minimum absolute atomic E-state index is 0.104. The second-order valence-corrected chi connectivity index (χ2v) is 11.9. The number of aliphatic hydroxyl groups excluding tert-OH is 1. The summed E-state index contributed by atoms with van der Waals surface area (Å²) in [6.07, 6.45) is 13.1. The Morgan fingerprint density at radius 2 is 1.71 bits per heavy atom. The fourth-order valence-electron chi connectivity index (χ4n) is 8.88. The van der Waals surface area contributed by atoms with Crippen molar-refractivity contribution in [1.29, 1.82) is 0 Å². The summed E-state index contributed by atoms with van der Waals surface area (Å²) in [6, 6.07) is 10.7. The monoisotopic (exact) mass is 420 g/mol. The number of rotatable bonds is 3. The number of allylic oxidation sites excluding steroid dienone is 1. The van der Waals surface area contributed by atoms with Crippen molar-refractivity contribution in [2.24, 2.45) is 46.3 Å². The number of fused-ring (bicyclic) bond motifs is 5. The average molecular weight is 421 g/mol. The summed E-state index contributed by atoms with van der Waals surface area (Å²) in [5, 5.41) is 10.2. The fourth-order valence-corrected chi connectivity index (χ4v) is 8.88. The smallest absolute Gasteiger partial charge is 0.136 e. The number of hydrogen-bond donors (Lipinski definition) is 1. The maximum absolute atomic E-state index is 13.3. The topological polar surface area (TPSA) is 37.3 Å². The van der Waals surface area contributed by atoms with Gasteiger partial charge in [0.2, 0.25) is 0 Å². The summed E-state index contributed by atoms with van der Waals surface area (Å²) in [7, 11) is 0. The molecule has 0 radical (unpaired) electrons. The van der Waals surface area contributed by atoms with Gasteiger partial charge in [-0.3, -0.25) is 4.79 Å². The SMILES string of the molecule is C[C@H](/C=C/c1ccccc1)[C@H]1CC[C@H]2[C@@H]3CC(=O)[C@H]4C[C@H](O)CC[C@]4(C)[C@H]3CC[C@]12C. The molecular formula is C29H40O2. The van der Waals surface area contributed by atoms with Crippen molar-refractivity contribution in [3.05, 3.63) is 42.0 Å². The quantitative estimate of drug-likeness (QED) is 0.603. The molecule has 0 saturated heterocycles. The van der Waals surface area contributed by atoms with Crippen molar-refractivity contribution in [1.82, 2.24) is 0 Å². The lowest BCUT2D eigenvalue weighted by molar-refractivity contribution is -0.159. The molecule has 0 aromatic heterocycles. The van der Waals surface area contributed by atoms with E-state index in [1.165, 1.54) is 31.2 Å². The lowest BCUT2D eigenvalue weighted by Gasteiger charge is -2.60. The Bertz CT molecular complexity index is 844. The van der Waals surface area contributed by atoms with Gasteiger partial charge in [0.05, 0.1) is 6.10 Å². The Morgan fingerprint density at radius 3 is 2.48 bits per heavy atom. The van der Waals surface area contributed by atoms with Crippen LogP contribution in [0.25, 0.3) is 6.08 Å². The van der Waals surface area contributed by atoms with E-state index in [-0.39, 0.29) is 17.4 Å². The predicted molar refractivity (Wildman–Crippen MR) is 126 cm³/mol. The number of benzene rings is 1. The van der Waals surface area contributed by atoms with Crippen molar-refractivity contribution in [3.8, 4) is 0 Å². The van der Waals surface area contributed by atoms with E-state index in [9.17, 15) is 9.90 Å². The standard InChI is InChI=1S/C29H40O2/c1-19(9-10-20-7-5-4-6-8-20)23-11-12-24-22-18-27(31)26-17-21(30)13-15-29(26,3)25(22)14-16-28(23,24)2/h4-10,19,21-26,30H,11-18H2,1-3H3/b10-9+/t19-,21-,22+,23-,24+,25+,26-,28-,29-/m1/s1. The molecule has 2 nitrogen and oxygen atoms in total. The van der Waals surface area contributed by atoms with Crippen LogP contribution in [0.4, 0.5) is 0 Å². The van der Waals surface area contributed by atoms with Crippen molar-refractivity contribution < 1.29 is 9.90 Å². The van der Waals surface area contributed by atoms with Gasteiger partial charge in [0.1, 0.15) is 5.78 Å². The van der Waals surface area contributed by atoms with E-state index in [2.05, 4.69) is 63.3 Å². The molecule has 0 bridgehead atoms. The average Bonchev–Trinajstić information content (AvgIpc) is 3.12. The molecule has 1 N–H and O–H groups in total. The first-order chi connectivity index (χ1) is 14.8. The van der Waals surface area contributed by atoms with Crippen molar-refractivity contribution in [2.75, 3.05) is 0 Å². The molecule has 0 spiro atoms. The lowest BCUT2D eigenvalue weighted by atomic mass is 9.44. The van der Waals surface area contributed by atoms with E-state index in [4.69, 9.17) is 0 Å². The van der Waals surface area contributed by atoms with Crippen LogP contribution in [0, 0.1) is 46.3 Å². The summed E-state index contributed by atoms with van der Waals surface area (Å²) in [5.41, 5.74) is 1.77. The highest BCUT2D eigenvalue weighted by atomic mass is 16.3. The van der Waals surface area contributed by atoms with E-state index < -0.39 is 0 Å². The zero-order valence-corrected chi connectivity index (χ0v) is 19.6. The van der Waals surface area contributed by atoms with E-state index in [1.54, 1.807) is 0 Å². The third-order valence-electron chi connectivity index (χ3n) is 10.5. The summed E-state index contributed by atoms with van der Waals surface area (Å²) in [4.78, 5) is 13.3. The Kier molecular flexibility index (Phi) is 5.44. The fraction of sp³-hybridized carbons (Fsp3) is 0.690. The molecule has 4 saturated carbocycles. The summed E-state index contributed by atoms with van der Waals surface area (Å²) < 4.78 is 0. The van der Waals surface area contributed by atoms with E-state index >= 15 is 0 Å². The highest BCUT2D eigenvalue weighted by Gasteiger charge is 2.62. The van der Waals surface area contributed by atoms with Crippen LogP contribution in [-0.4, -0.2) is 17.0 Å². The van der Waals surface area contributed by atoms with Gasteiger partial charge < -0.3 is 5.11 Å². The number of carbonyl (C=O) groups is 1. The molecule has 2 heteroatoms. The highest BCUT2D eigenvalue weighted by Crippen LogP contribution is 2.67. The molecule has 5 rings (SSSR count).